The molecule has 7 nitrogen and oxygen atoms in total. The molecule has 0 radical (unpaired) electrons. The molecule has 1 atom stereocenters. The van der Waals surface area contributed by atoms with Crippen molar-refractivity contribution >= 4 is 28.7 Å². The highest BCUT2D eigenvalue weighted by atomic mass is 32.2. The number of rotatable bonds is 9. The molecule has 0 saturated carbocycles. The Morgan fingerprint density at radius 2 is 1.53 bits per heavy atom. The third kappa shape index (κ3) is 9.29. The summed E-state index contributed by atoms with van der Waals surface area (Å²) < 4.78 is 5.68. The van der Waals surface area contributed by atoms with E-state index in [-0.39, 0.29) is 28.3 Å². The van der Waals surface area contributed by atoms with Crippen molar-refractivity contribution < 1.29 is 9.53 Å². The lowest BCUT2D eigenvalue weighted by Gasteiger charge is -2.33. The van der Waals surface area contributed by atoms with Gasteiger partial charge in [0.05, 0.1) is 25.3 Å². The number of carbonyl (C=O) groups excluding carboxylic acids is 1. The van der Waals surface area contributed by atoms with E-state index in [0.29, 0.717) is 13.2 Å². The maximum absolute atomic E-state index is 12.7. The van der Waals surface area contributed by atoms with Crippen LogP contribution in [0.3, 0.4) is 0 Å². The molecule has 0 aromatic heterocycles. The monoisotopic (exact) mass is 483 g/mol. The third-order valence-corrected chi connectivity index (χ3v) is 5.77. The molecule has 0 aliphatic carbocycles. The number of amides is 1. The zero-order valence-electron chi connectivity index (χ0n) is 20.7. The van der Waals surface area contributed by atoms with Gasteiger partial charge < -0.3 is 20.7 Å². The van der Waals surface area contributed by atoms with Crippen LogP contribution in [-0.4, -0.2) is 44.7 Å². The fraction of sp³-hybridized carbons (Fsp3) is 0.423. The lowest BCUT2D eigenvalue weighted by molar-refractivity contribution is -0.126. The van der Waals surface area contributed by atoms with Crippen molar-refractivity contribution in [2.24, 2.45) is 5.73 Å². The number of benzene rings is 2. The summed E-state index contributed by atoms with van der Waals surface area (Å²) in [7, 11) is 0. The molecular weight excluding hydrogens is 446 g/mol. The predicted octanol–water partition coefficient (Wildman–Crippen LogP) is 4.37. The summed E-state index contributed by atoms with van der Waals surface area (Å²) in [5.41, 5.74) is 6.85. The van der Waals surface area contributed by atoms with Crippen molar-refractivity contribution in [2.75, 3.05) is 6.61 Å². The Labute approximate surface area is 207 Å². The minimum atomic E-state index is -1.12. The van der Waals surface area contributed by atoms with Crippen LogP contribution in [0, 0.1) is 10.8 Å². The number of thioether (sulfide) groups is 1. The van der Waals surface area contributed by atoms with E-state index < -0.39 is 11.6 Å². The summed E-state index contributed by atoms with van der Waals surface area (Å²) in [5, 5.41) is 20.9. The van der Waals surface area contributed by atoms with Gasteiger partial charge in [0.2, 0.25) is 5.91 Å². The number of nitrogens with zero attached hydrogens (tertiary/aromatic N) is 1. The number of amidine groups is 2. The standard InChI is InChI=1S/C26H37N5O2S/c1-25(2,3)34-24(28)31(16-19-12-8-6-9-13-19)22(27)21(30-23(32)26(4,5)29)18-33-17-20-14-10-7-11-15-20/h6-15,21,27-28H,16-18,29H2,1-5H3,(H,30,32)/t21-/m1/s1. The molecule has 184 valence electrons. The minimum absolute atomic E-state index is 0.0777. The molecule has 2 aromatic rings. The van der Waals surface area contributed by atoms with Gasteiger partial charge in [0.1, 0.15) is 11.9 Å². The zero-order chi connectivity index (χ0) is 25.4. The van der Waals surface area contributed by atoms with Gasteiger partial charge in [-0.05, 0) is 25.0 Å². The lowest BCUT2D eigenvalue weighted by Crippen LogP contribution is -2.58. The Balaban J connectivity index is 2.27. The minimum Gasteiger partial charge on any atom is -0.374 e. The maximum atomic E-state index is 12.7. The van der Waals surface area contributed by atoms with E-state index in [1.54, 1.807) is 18.7 Å². The highest BCUT2D eigenvalue weighted by Crippen LogP contribution is 2.27. The average molecular weight is 484 g/mol. The first-order chi connectivity index (χ1) is 15.9. The van der Waals surface area contributed by atoms with E-state index in [0.717, 1.165) is 11.1 Å². The highest BCUT2D eigenvalue weighted by Gasteiger charge is 2.31. The van der Waals surface area contributed by atoms with Crippen LogP contribution < -0.4 is 11.1 Å². The number of nitrogens with one attached hydrogen (secondary N) is 3. The first-order valence-electron chi connectivity index (χ1n) is 11.3. The summed E-state index contributed by atoms with van der Waals surface area (Å²) in [4.78, 5) is 14.3. The van der Waals surface area contributed by atoms with Crippen LogP contribution in [0.5, 0.6) is 0 Å². The van der Waals surface area contributed by atoms with Crippen molar-refractivity contribution in [1.29, 1.82) is 10.8 Å². The Hall–Kier alpha value is -2.68. The van der Waals surface area contributed by atoms with Gasteiger partial charge in [0.25, 0.3) is 0 Å². The molecule has 0 saturated heterocycles. The van der Waals surface area contributed by atoms with Gasteiger partial charge in [0.15, 0.2) is 5.17 Å². The largest absolute Gasteiger partial charge is 0.374 e. The Morgan fingerprint density at radius 1 is 1.00 bits per heavy atom. The molecule has 0 fully saturated rings. The second kappa shape index (κ2) is 12.1. The predicted molar refractivity (Wildman–Crippen MR) is 141 cm³/mol. The molecule has 2 aromatic carbocycles. The molecule has 0 unspecified atom stereocenters. The van der Waals surface area contributed by atoms with Gasteiger partial charge >= 0.3 is 0 Å². The second-order valence-corrected chi connectivity index (χ2v) is 11.5. The molecule has 0 bridgehead atoms. The SMILES string of the molecule is CC(C)(C)SC(=N)N(Cc1ccccc1)C(=N)[C@@H](COCc1ccccc1)NC(=O)C(C)(C)N. The van der Waals surface area contributed by atoms with Crippen molar-refractivity contribution in [3.8, 4) is 0 Å². The van der Waals surface area contributed by atoms with E-state index in [2.05, 4.69) is 5.32 Å². The van der Waals surface area contributed by atoms with Crippen molar-refractivity contribution in [3.05, 3.63) is 71.8 Å². The molecule has 0 heterocycles. The number of carbonyl (C=O) groups is 1. The molecular formula is C26H37N5O2S. The Kier molecular flexibility index (Phi) is 9.85. The zero-order valence-corrected chi connectivity index (χ0v) is 21.5. The van der Waals surface area contributed by atoms with Crippen LogP contribution in [0.25, 0.3) is 0 Å². The molecule has 2 rings (SSSR count). The number of hydrogen-bond acceptors (Lipinski definition) is 6. The van der Waals surface area contributed by atoms with Gasteiger partial charge in [-0.15, -0.1) is 0 Å². The topological polar surface area (TPSA) is 115 Å². The summed E-state index contributed by atoms with van der Waals surface area (Å²) in [6.07, 6.45) is 0. The van der Waals surface area contributed by atoms with Crippen LogP contribution in [0.4, 0.5) is 0 Å². The van der Waals surface area contributed by atoms with Gasteiger partial charge in [-0.25, -0.2) is 0 Å². The molecule has 0 spiro atoms. The smallest absolute Gasteiger partial charge is 0.240 e. The highest BCUT2D eigenvalue weighted by molar-refractivity contribution is 8.14. The Bertz CT molecular complexity index is 953. The van der Waals surface area contributed by atoms with Crippen molar-refractivity contribution in [3.63, 3.8) is 0 Å². The quantitative estimate of drug-likeness (QED) is 0.312. The Morgan fingerprint density at radius 3 is 2.03 bits per heavy atom. The van der Waals surface area contributed by atoms with E-state index in [9.17, 15) is 4.79 Å². The first kappa shape index (κ1) is 27.6. The average Bonchev–Trinajstić information content (AvgIpc) is 2.75. The van der Waals surface area contributed by atoms with Crippen LogP contribution in [0.15, 0.2) is 60.7 Å². The molecule has 5 N–H and O–H groups in total. The first-order valence-corrected chi connectivity index (χ1v) is 12.1. The second-order valence-electron chi connectivity index (χ2n) is 9.73. The molecule has 0 aliphatic heterocycles. The summed E-state index contributed by atoms with van der Waals surface area (Å²) >= 11 is 1.37. The van der Waals surface area contributed by atoms with Gasteiger partial charge in [-0.3, -0.25) is 15.6 Å². The molecule has 8 heteroatoms. The molecule has 34 heavy (non-hydrogen) atoms. The fourth-order valence-electron chi connectivity index (χ4n) is 2.97. The van der Waals surface area contributed by atoms with Crippen LogP contribution in [0.2, 0.25) is 0 Å². The fourth-order valence-corrected chi connectivity index (χ4v) is 3.82. The van der Waals surface area contributed by atoms with Gasteiger partial charge in [0, 0.05) is 4.75 Å². The maximum Gasteiger partial charge on any atom is 0.240 e. The van der Waals surface area contributed by atoms with E-state index in [4.69, 9.17) is 21.3 Å². The summed E-state index contributed by atoms with van der Waals surface area (Å²) in [6.45, 7) is 10.1. The summed E-state index contributed by atoms with van der Waals surface area (Å²) in [6, 6.07) is 18.6. The molecule has 1 amide bonds. The van der Waals surface area contributed by atoms with Crippen molar-refractivity contribution in [2.45, 2.75) is 64.1 Å². The number of ether oxygens (including phenoxy) is 1. The van der Waals surface area contributed by atoms with E-state index in [1.807, 2.05) is 81.4 Å². The van der Waals surface area contributed by atoms with Crippen LogP contribution >= 0.6 is 11.8 Å². The molecule has 0 aliphatic rings. The van der Waals surface area contributed by atoms with Gasteiger partial charge in [-0.1, -0.05) is 93.2 Å². The third-order valence-electron chi connectivity index (χ3n) is 4.74. The lowest BCUT2D eigenvalue weighted by atomic mass is 10.1. The normalized spacial score (nSPS) is 12.6. The summed E-state index contributed by atoms with van der Waals surface area (Å²) in [5.74, 6) is -0.309. The van der Waals surface area contributed by atoms with Crippen LogP contribution in [0.1, 0.15) is 45.7 Å². The van der Waals surface area contributed by atoms with Crippen molar-refractivity contribution in [1.82, 2.24) is 10.2 Å². The number of hydrogen-bond donors (Lipinski definition) is 4. The van der Waals surface area contributed by atoms with E-state index in [1.165, 1.54) is 11.8 Å². The van der Waals surface area contributed by atoms with E-state index >= 15 is 0 Å². The van der Waals surface area contributed by atoms with Gasteiger partial charge in [-0.2, -0.15) is 0 Å². The van der Waals surface area contributed by atoms with Crippen LogP contribution in [-0.2, 0) is 22.7 Å². The number of nitrogens with two attached hydrogens (primary N) is 1.